The molecule has 1 amide bonds. The van der Waals surface area contributed by atoms with Crippen LogP contribution in [0.25, 0.3) is 6.08 Å². The lowest BCUT2D eigenvalue weighted by atomic mass is 9.91. The number of likely N-dealkylation sites (tertiary alicyclic amines) is 1. The first-order valence-corrected chi connectivity index (χ1v) is 10.3. The number of hydrogen-bond acceptors (Lipinski definition) is 3. The number of benzene rings is 2. The Balaban J connectivity index is 1.38. The third-order valence-electron chi connectivity index (χ3n) is 5.83. The average molecular weight is 376 g/mol. The van der Waals surface area contributed by atoms with Gasteiger partial charge in [0.05, 0.1) is 11.4 Å². The molecule has 3 N–H and O–H groups in total. The third kappa shape index (κ3) is 4.63. The Morgan fingerprint density at radius 2 is 1.93 bits per heavy atom. The highest BCUT2D eigenvalue weighted by Gasteiger charge is 2.27. The van der Waals surface area contributed by atoms with Crippen molar-refractivity contribution in [2.24, 2.45) is 11.8 Å². The lowest BCUT2D eigenvalue weighted by molar-refractivity contribution is 0.102. The molecule has 146 valence electrons. The number of carbonyl (C=O) groups is 1. The Kier molecular flexibility index (Phi) is 5.49. The molecule has 0 bridgehead atoms. The minimum Gasteiger partial charge on any atom is -0.397 e. The highest BCUT2D eigenvalue weighted by Crippen LogP contribution is 2.32. The van der Waals surface area contributed by atoms with E-state index in [4.69, 9.17) is 5.73 Å². The van der Waals surface area contributed by atoms with Crippen LogP contribution in [0.5, 0.6) is 0 Å². The van der Waals surface area contributed by atoms with Gasteiger partial charge in [-0.1, -0.05) is 42.8 Å². The van der Waals surface area contributed by atoms with Crippen molar-refractivity contribution in [1.29, 1.82) is 0 Å². The maximum Gasteiger partial charge on any atom is 0.255 e. The molecule has 4 rings (SSSR count). The SMILES string of the molecule is CC1CN(CC2CC2)CC/C1=C\c1ccc(C(=O)Nc2ccccc2N)cc1. The van der Waals surface area contributed by atoms with Gasteiger partial charge in [-0.3, -0.25) is 4.79 Å². The molecule has 2 fully saturated rings. The summed E-state index contributed by atoms with van der Waals surface area (Å²) in [5, 5.41) is 2.87. The molecule has 4 nitrogen and oxygen atoms in total. The molecule has 1 saturated carbocycles. The van der Waals surface area contributed by atoms with E-state index in [-0.39, 0.29) is 5.91 Å². The van der Waals surface area contributed by atoms with Gasteiger partial charge >= 0.3 is 0 Å². The van der Waals surface area contributed by atoms with Gasteiger partial charge in [0.1, 0.15) is 0 Å². The number of nitrogen functional groups attached to an aromatic ring is 1. The van der Waals surface area contributed by atoms with E-state index in [1.54, 1.807) is 6.07 Å². The Bertz CT molecular complexity index is 868. The van der Waals surface area contributed by atoms with Crippen molar-refractivity contribution in [2.75, 3.05) is 30.7 Å². The summed E-state index contributed by atoms with van der Waals surface area (Å²) < 4.78 is 0. The maximum absolute atomic E-state index is 12.5. The maximum atomic E-state index is 12.5. The number of nitrogens with zero attached hydrogens (tertiary/aromatic N) is 1. The van der Waals surface area contributed by atoms with Crippen LogP contribution in [0.4, 0.5) is 11.4 Å². The molecule has 2 aromatic rings. The van der Waals surface area contributed by atoms with Crippen LogP contribution in [0.2, 0.25) is 0 Å². The summed E-state index contributed by atoms with van der Waals surface area (Å²) in [6, 6.07) is 15.1. The normalized spacial score (nSPS) is 21.6. The molecule has 2 aliphatic rings. The van der Waals surface area contributed by atoms with E-state index < -0.39 is 0 Å². The second-order valence-corrected chi connectivity index (χ2v) is 8.24. The van der Waals surface area contributed by atoms with Crippen LogP contribution in [0.3, 0.4) is 0 Å². The second kappa shape index (κ2) is 8.19. The van der Waals surface area contributed by atoms with Gasteiger partial charge in [-0.15, -0.1) is 0 Å². The fourth-order valence-corrected chi connectivity index (χ4v) is 3.93. The monoisotopic (exact) mass is 375 g/mol. The molecular weight excluding hydrogens is 346 g/mol. The van der Waals surface area contributed by atoms with E-state index in [2.05, 4.69) is 23.2 Å². The van der Waals surface area contributed by atoms with Gasteiger partial charge < -0.3 is 16.0 Å². The molecule has 1 aliphatic carbocycles. The van der Waals surface area contributed by atoms with Crippen LogP contribution >= 0.6 is 0 Å². The van der Waals surface area contributed by atoms with E-state index in [1.807, 2.05) is 42.5 Å². The van der Waals surface area contributed by atoms with Crippen molar-refractivity contribution in [3.8, 4) is 0 Å². The molecule has 1 heterocycles. The summed E-state index contributed by atoms with van der Waals surface area (Å²) in [6.45, 7) is 5.96. The zero-order valence-corrected chi connectivity index (χ0v) is 16.5. The molecule has 1 unspecified atom stereocenters. The molecule has 28 heavy (non-hydrogen) atoms. The van der Waals surface area contributed by atoms with Gasteiger partial charge in [0.15, 0.2) is 0 Å². The molecule has 0 aromatic heterocycles. The topological polar surface area (TPSA) is 58.4 Å². The first-order valence-electron chi connectivity index (χ1n) is 10.3. The van der Waals surface area contributed by atoms with E-state index in [1.165, 1.54) is 38.0 Å². The predicted molar refractivity (Wildman–Crippen MR) is 116 cm³/mol. The Morgan fingerprint density at radius 3 is 2.61 bits per heavy atom. The van der Waals surface area contributed by atoms with E-state index in [0.29, 0.717) is 22.9 Å². The van der Waals surface area contributed by atoms with Gasteiger partial charge in [0.2, 0.25) is 0 Å². The van der Waals surface area contributed by atoms with Crippen molar-refractivity contribution in [3.05, 3.63) is 65.2 Å². The van der Waals surface area contributed by atoms with Gasteiger partial charge in [0.25, 0.3) is 5.91 Å². The zero-order valence-electron chi connectivity index (χ0n) is 16.5. The first kappa shape index (κ1) is 18.8. The van der Waals surface area contributed by atoms with Crippen LogP contribution < -0.4 is 11.1 Å². The van der Waals surface area contributed by atoms with Crippen molar-refractivity contribution in [1.82, 2.24) is 4.90 Å². The Hall–Kier alpha value is -2.59. The quantitative estimate of drug-likeness (QED) is 0.748. The molecule has 2 aromatic carbocycles. The van der Waals surface area contributed by atoms with E-state index in [9.17, 15) is 4.79 Å². The zero-order chi connectivity index (χ0) is 19.5. The number of hydrogen-bond donors (Lipinski definition) is 2. The minimum atomic E-state index is -0.140. The van der Waals surface area contributed by atoms with Crippen molar-refractivity contribution < 1.29 is 4.79 Å². The smallest absolute Gasteiger partial charge is 0.255 e. The summed E-state index contributed by atoms with van der Waals surface area (Å²) in [5.41, 5.74) is 10.4. The molecule has 1 saturated heterocycles. The predicted octanol–water partition coefficient (Wildman–Crippen LogP) is 4.66. The van der Waals surface area contributed by atoms with Gasteiger partial charge in [-0.2, -0.15) is 0 Å². The Labute approximate surface area is 167 Å². The number of piperidine rings is 1. The van der Waals surface area contributed by atoms with Crippen LogP contribution in [-0.4, -0.2) is 30.4 Å². The fraction of sp³-hybridized carbons (Fsp3) is 0.375. The van der Waals surface area contributed by atoms with Gasteiger partial charge in [-0.25, -0.2) is 0 Å². The largest absolute Gasteiger partial charge is 0.397 e. The van der Waals surface area contributed by atoms with Crippen molar-refractivity contribution in [3.63, 3.8) is 0 Å². The highest BCUT2D eigenvalue weighted by molar-refractivity contribution is 6.05. The van der Waals surface area contributed by atoms with Crippen molar-refractivity contribution in [2.45, 2.75) is 26.2 Å². The number of rotatable bonds is 5. The summed E-state index contributed by atoms with van der Waals surface area (Å²) in [6.07, 6.45) is 6.29. The summed E-state index contributed by atoms with van der Waals surface area (Å²) >= 11 is 0. The number of nitrogens with one attached hydrogen (secondary N) is 1. The standard InChI is InChI=1S/C24H29N3O/c1-17-15-27(16-19-6-7-19)13-12-21(17)14-18-8-10-20(11-9-18)24(28)26-23-5-3-2-4-22(23)25/h2-5,8-11,14,17,19H,6-7,12-13,15-16,25H2,1H3,(H,26,28)/b21-14+. The van der Waals surface area contributed by atoms with Crippen molar-refractivity contribution >= 4 is 23.4 Å². The van der Waals surface area contributed by atoms with Crippen LogP contribution in [0.15, 0.2) is 54.1 Å². The molecule has 4 heteroatoms. The second-order valence-electron chi connectivity index (χ2n) is 8.24. The summed E-state index contributed by atoms with van der Waals surface area (Å²) in [5.74, 6) is 1.41. The lowest BCUT2D eigenvalue weighted by Crippen LogP contribution is -2.36. The molecule has 1 atom stereocenters. The number of para-hydroxylation sites is 2. The first-order chi connectivity index (χ1) is 13.6. The number of nitrogens with two attached hydrogens (primary N) is 1. The fourth-order valence-electron chi connectivity index (χ4n) is 3.93. The van der Waals surface area contributed by atoms with E-state index >= 15 is 0 Å². The van der Waals surface area contributed by atoms with Crippen LogP contribution in [0.1, 0.15) is 42.1 Å². The number of anilines is 2. The number of carbonyl (C=O) groups excluding carboxylic acids is 1. The Morgan fingerprint density at radius 1 is 1.18 bits per heavy atom. The van der Waals surface area contributed by atoms with Gasteiger partial charge in [-0.05, 0) is 60.9 Å². The van der Waals surface area contributed by atoms with Crippen LogP contribution in [-0.2, 0) is 0 Å². The van der Waals surface area contributed by atoms with Crippen LogP contribution in [0, 0.1) is 11.8 Å². The molecular formula is C24H29N3O. The minimum absolute atomic E-state index is 0.140. The van der Waals surface area contributed by atoms with E-state index in [0.717, 1.165) is 17.9 Å². The molecule has 0 radical (unpaired) electrons. The third-order valence-corrected chi connectivity index (χ3v) is 5.83. The highest BCUT2D eigenvalue weighted by atomic mass is 16.1. The summed E-state index contributed by atoms with van der Waals surface area (Å²) in [7, 11) is 0. The summed E-state index contributed by atoms with van der Waals surface area (Å²) in [4.78, 5) is 15.1. The van der Waals surface area contributed by atoms with Gasteiger partial charge in [0, 0.05) is 25.2 Å². The molecule has 1 aliphatic heterocycles. The molecule has 0 spiro atoms. The number of amides is 1. The average Bonchev–Trinajstić information content (AvgIpc) is 3.50. The lowest BCUT2D eigenvalue weighted by Gasteiger charge is -2.33.